The van der Waals surface area contributed by atoms with Crippen molar-refractivity contribution in [1.82, 2.24) is 19.8 Å². The van der Waals surface area contributed by atoms with E-state index < -0.39 is 0 Å². The second-order valence-corrected chi connectivity index (χ2v) is 11.0. The van der Waals surface area contributed by atoms with Crippen LogP contribution in [0.4, 0.5) is 0 Å². The highest BCUT2D eigenvalue weighted by molar-refractivity contribution is 5.97. The first-order valence-corrected chi connectivity index (χ1v) is 14.3. The summed E-state index contributed by atoms with van der Waals surface area (Å²) in [6.45, 7) is 3.94. The number of allylic oxidation sites excluding steroid dienone is 1. The zero-order valence-electron chi connectivity index (χ0n) is 23.3. The summed E-state index contributed by atoms with van der Waals surface area (Å²) in [5, 5.41) is 10.5. The number of nitrogens with zero attached hydrogens (tertiary/aromatic N) is 4. The molecule has 2 fully saturated rings. The average molecular weight is 544 g/mol. The number of carbonyl (C=O) groups is 2. The van der Waals surface area contributed by atoms with Crippen LogP contribution in [0.15, 0.2) is 78.5 Å². The van der Waals surface area contributed by atoms with Crippen LogP contribution in [0.2, 0.25) is 0 Å². The number of rotatable bonds is 7. The first kappa shape index (κ1) is 26.5. The van der Waals surface area contributed by atoms with Gasteiger partial charge in [-0.05, 0) is 60.9 Å². The third-order valence-corrected chi connectivity index (χ3v) is 8.09. The van der Waals surface area contributed by atoms with E-state index in [0.717, 1.165) is 51.8 Å². The third-order valence-electron chi connectivity index (χ3n) is 8.09. The lowest BCUT2D eigenvalue weighted by Gasteiger charge is -2.34. The minimum atomic E-state index is -0.213. The van der Waals surface area contributed by atoms with Crippen LogP contribution < -0.4 is 0 Å². The molecule has 1 aliphatic heterocycles. The fraction of sp³-hybridized carbons (Fsp3) is 0.294. The van der Waals surface area contributed by atoms with Gasteiger partial charge in [-0.1, -0.05) is 60.2 Å². The second-order valence-electron chi connectivity index (χ2n) is 11.0. The number of H-pyrrole nitrogens is 1. The molecular formula is C34H33N5O2. The van der Waals surface area contributed by atoms with E-state index in [4.69, 9.17) is 0 Å². The van der Waals surface area contributed by atoms with Crippen molar-refractivity contribution in [3.05, 3.63) is 89.6 Å². The Hall–Kier alpha value is -4.70. The maximum absolute atomic E-state index is 13.4. The van der Waals surface area contributed by atoms with Gasteiger partial charge in [0.1, 0.15) is 17.3 Å². The predicted molar refractivity (Wildman–Crippen MR) is 160 cm³/mol. The Morgan fingerprint density at radius 1 is 1.00 bits per heavy atom. The third kappa shape index (κ3) is 5.64. The molecule has 2 amide bonds. The van der Waals surface area contributed by atoms with Crippen LogP contribution in [0.1, 0.15) is 30.4 Å². The van der Waals surface area contributed by atoms with E-state index in [-0.39, 0.29) is 17.4 Å². The Bertz CT molecular complexity index is 1670. The number of amides is 2. The summed E-state index contributed by atoms with van der Waals surface area (Å²) in [6, 6.07) is 22.9. The fourth-order valence-corrected chi connectivity index (χ4v) is 5.67. The molecule has 1 aliphatic carbocycles. The number of hydrogen-bond donors (Lipinski definition) is 1. The molecule has 7 heteroatoms. The van der Waals surface area contributed by atoms with Gasteiger partial charge in [0.2, 0.25) is 5.91 Å². The molecule has 2 aromatic heterocycles. The van der Waals surface area contributed by atoms with Gasteiger partial charge in [0.05, 0.1) is 5.69 Å². The standard InChI is InChI=1S/C34H33N5O2/c1-23-9-12-28(30(20-23)25-6-3-2-4-7-25)32-27(29-8-5-15-36-33(29)37-32)13-14-31(40)38-16-18-39(19-17-38)34(41)26(22-35)21-24-10-11-24/h2-9,12,15,20-21,24H,10-11,13-14,16-19H2,1H3,(H,36,37). The number of aromatic amines is 1. The van der Waals surface area contributed by atoms with E-state index >= 15 is 0 Å². The number of aryl methyl sites for hydroxylation is 2. The van der Waals surface area contributed by atoms with Crippen LogP contribution in [-0.2, 0) is 16.0 Å². The van der Waals surface area contributed by atoms with Crippen LogP contribution in [0.25, 0.3) is 33.4 Å². The van der Waals surface area contributed by atoms with Gasteiger partial charge < -0.3 is 14.8 Å². The van der Waals surface area contributed by atoms with Crippen LogP contribution in [-0.4, -0.2) is 57.8 Å². The number of hydrogen-bond acceptors (Lipinski definition) is 4. The summed E-state index contributed by atoms with van der Waals surface area (Å²) in [5.41, 5.74) is 7.66. The van der Waals surface area contributed by atoms with Gasteiger partial charge in [-0.25, -0.2) is 4.98 Å². The summed E-state index contributed by atoms with van der Waals surface area (Å²) < 4.78 is 0. The Kier molecular flexibility index (Phi) is 7.39. The first-order chi connectivity index (χ1) is 20.0. The number of aromatic nitrogens is 2. The predicted octanol–water partition coefficient (Wildman–Crippen LogP) is 5.67. The van der Waals surface area contributed by atoms with Crippen molar-refractivity contribution in [3.8, 4) is 28.5 Å². The number of pyridine rings is 1. The van der Waals surface area contributed by atoms with Crippen molar-refractivity contribution in [2.45, 2.75) is 32.6 Å². The topological polar surface area (TPSA) is 93.1 Å². The molecule has 2 aliphatic rings. The number of benzene rings is 2. The van der Waals surface area contributed by atoms with Gasteiger partial charge in [-0.2, -0.15) is 5.26 Å². The van der Waals surface area contributed by atoms with Crippen LogP contribution in [0.5, 0.6) is 0 Å². The first-order valence-electron chi connectivity index (χ1n) is 14.3. The molecule has 1 saturated heterocycles. The Labute approximate surface area is 240 Å². The van der Waals surface area contributed by atoms with Crippen molar-refractivity contribution in [3.63, 3.8) is 0 Å². The average Bonchev–Trinajstić information content (AvgIpc) is 3.77. The molecule has 2 aromatic carbocycles. The summed E-state index contributed by atoms with van der Waals surface area (Å²) >= 11 is 0. The number of fused-ring (bicyclic) bond motifs is 1. The van der Waals surface area contributed by atoms with Gasteiger partial charge >= 0.3 is 0 Å². The number of nitriles is 1. The molecule has 6 rings (SSSR count). The second kappa shape index (κ2) is 11.4. The minimum absolute atomic E-state index is 0.0718. The van der Waals surface area contributed by atoms with Gasteiger partial charge in [0.25, 0.3) is 5.91 Å². The maximum atomic E-state index is 13.4. The Morgan fingerprint density at radius 3 is 2.49 bits per heavy atom. The van der Waals surface area contributed by atoms with E-state index in [1.54, 1.807) is 11.1 Å². The summed E-state index contributed by atoms with van der Waals surface area (Å²) in [6.07, 6.45) is 6.62. The quantitative estimate of drug-likeness (QED) is 0.240. The molecule has 0 atom stereocenters. The minimum Gasteiger partial charge on any atom is -0.339 e. The highest BCUT2D eigenvalue weighted by atomic mass is 16.2. The van der Waals surface area contributed by atoms with Crippen molar-refractivity contribution >= 4 is 22.8 Å². The van der Waals surface area contributed by atoms with Crippen LogP contribution >= 0.6 is 0 Å². The molecule has 0 unspecified atom stereocenters. The van der Waals surface area contributed by atoms with Crippen molar-refractivity contribution < 1.29 is 9.59 Å². The molecule has 0 radical (unpaired) electrons. The molecular weight excluding hydrogens is 510 g/mol. The summed E-state index contributed by atoms with van der Waals surface area (Å²) in [4.78, 5) is 37.9. The monoisotopic (exact) mass is 543 g/mol. The zero-order valence-corrected chi connectivity index (χ0v) is 23.3. The highest BCUT2D eigenvalue weighted by Crippen LogP contribution is 2.37. The van der Waals surface area contributed by atoms with E-state index in [1.165, 1.54) is 5.56 Å². The number of nitrogens with one attached hydrogen (secondary N) is 1. The van der Waals surface area contributed by atoms with E-state index in [2.05, 4.69) is 59.4 Å². The molecule has 0 spiro atoms. The SMILES string of the molecule is Cc1ccc(-c2[nH]c3ncccc3c2CCC(=O)N2CCN(C(=O)C(C#N)=CC3CC3)CC2)c(-c2ccccc2)c1. The smallest absolute Gasteiger partial charge is 0.264 e. The van der Waals surface area contributed by atoms with Crippen molar-refractivity contribution in [2.75, 3.05) is 26.2 Å². The van der Waals surface area contributed by atoms with Crippen LogP contribution in [0, 0.1) is 24.2 Å². The molecule has 41 heavy (non-hydrogen) atoms. The summed E-state index contributed by atoms with van der Waals surface area (Å²) in [5.74, 6) is 0.224. The lowest BCUT2D eigenvalue weighted by Crippen LogP contribution is -2.50. The van der Waals surface area contributed by atoms with Gasteiger partial charge in [-0.3, -0.25) is 9.59 Å². The maximum Gasteiger partial charge on any atom is 0.264 e. The lowest BCUT2D eigenvalue weighted by molar-refractivity contribution is -0.137. The Balaban J connectivity index is 1.20. The Morgan fingerprint density at radius 2 is 1.76 bits per heavy atom. The van der Waals surface area contributed by atoms with Crippen molar-refractivity contribution in [2.24, 2.45) is 5.92 Å². The molecule has 1 saturated carbocycles. The van der Waals surface area contributed by atoms with Crippen molar-refractivity contribution in [1.29, 1.82) is 5.26 Å². The molecule has 0 bridgehead atoms. The van der Waals surface area contributed by atoms with Gasteiger partial charge in [-0.15, -0.1) is 0 Å². The molecule has 3 heterocycles. The van der Waals surface area contributed by atoms with E-state index in [9.17, 15) is 14.9 Å². The zero-order chi connectivity index (χ0) is 28.3. The fourth-order valence-electron chi connectivity index (χ4n) is 5.67. The van der Waals surface area contributed by atoms with E-state index in [1.807, 2.05) is 35.2 Å². The largest absolute Gasteiger partial charge is 0.339 e. The van der Waals surface area contributed by atoms with Gasteiger partial charge in [0.15, 0.2) is 0 Å². The number of carbonyl (C=O) groups excluding carboxylic acids is 2. The lowest BCUT2D eigenvalue weighted by atomic mass is 9.92. The molecule has 206 valence electrons. The molecule has 7 nitrogen and oxygen atoms in total. The molecule has 1 N–H and O–H groups in total. The highest BCUT2D eigenvalue weighted by Gasteiger charge is 2.28. The van der Waals surface area contributed by atoms with E-state index in [0.29, 0.717) is 44.9 Å². The van der Waals surface area contributed by atoms with Gasteiger partial charge in [0, 0.05) is 49.7 Å². The van der Waals surface area contributed by atoms with Crippen LogP contribution in [0.3, 0.4) is 0 Å². The number of piperazine rings is 1. The summed E-state index contributed by atoms with van der Waals surface area (Å²) in [7, 11) is 0. The normalized spacial score (nSPS) is 15.7. The molecule has 4 aromatic rings.